The molecule has 32 heavy (non-hydrogen) atoms. The second kappa shape index (κ2) is 6.98. The van der Waals surface area contributed by atoms with Crippen molar-refractivity contribution in [1.82, 2.24) is 24.7 Å². The van der Waals surface area contributed by atoms with Crippen LogP contribution >= 0.6 is 0 Å². The van der Waals surface area contributed by atoms with E-state index in [1.54, 1.807) is 6.07 Å². The minimum absolute atomic E-state index is 0.124. The van der Waals surface area contributed by atoms with E-state index in [4.69, 9.17) is 5.73 Å². The first kappa shape index (κ1) is 19.9. The molecule has 3 aromatic heterocycles. The minimum Gasteiger partial charge on any atom is -0.383 e. The molecule has 0 spiro atoms. The first-order valence-electron chi connectivity index (χ1n) is 9.82. The number of rotatable bonds is 4. The third kappa shape index (κ3) is 3.20. The van der Waals surface area contributed by atoms with Crippen molar-refractivity contribution in [1.29, 1.82) is 0 Å². The van der Waals surface area contributed by atoms with Gasteiger partial charge < -0.3 is 15.7 Å². The predicted molar refractivity (Wildman–Crippen MR) is 114 cm³/mol. The highest BCUT2D eigenvalue weighted by Gasteiger charge is 2.30. The van der Waals surface area contributed by atoms with E-state index in [0.29, 0.717) is 11.2 Å². The zero-order valence-corrected chi connectivity index (χ0v) is 16.8. The number of imidazole rings is 1. The molecule has 0 bridgehead atoms. The Morgan fingerprint density at radius 1 is 1.09 bits per heavy atom. The Morgan fingerprint density at radius 3 is 2.66 bits per heavy atom. The fraction of sp³-hybridized carbons (Fsp3) is 0.136. The molecule has 4 N–H and O–H groups in total. The molecular formula is C22H17F3N6O. The van der Waals surface area contributed by atoms with Crippen molar-refractivity contribution in [3.8, 4) is 5.69 Å². The van der Waals surface area contributed by atoms with Crippen LogP contribution in [-0.4, -0.2) is 30.5 Å². The van der Waals surface area contributed by atoms with Gasteiger partial charge in [0.2, 0.25) is 5.78 Å². The van der Waals surface area contributed by atoms with E-state index < -0.39 is 17.5 Å². The number of nitrogen functional groups attached to an aromatic ring is 1. The van der Waals surface area contributed by atoms with E-state index in [-0.39, 0.29) is 22.5 Å². The Labute approximate surface area is 179 Å². The van der Waals surface area contributed by atoms with Gasteiger partial charge in [-0.15, -0.1) is 0 Å². The lowest BCUT2D eigenvalue weighted by Gasteiger charge is -2.05. The number of nitrogens with two attached hydrogens (primary N) is 1. The van der Waals surface area contributed by atoms with Gasteiger partial charge in [0, 0.05) is 17.3 Å². The zero-order valence-electron chi connectivity index (χ0n) is 16.8. The van der Waals surface area contributed by atoms with Crippen LogP contribution in [-0.2, 0) is 12.6 Å². The number of hydrogen-bond acceptors (Lipinski definition) is 4. The maximum atomic E-state index is 13.0. The summed E-state index contributed by atoms with van der Waals surface area (Å²) in [6.45, 7) is 2.00. The second-order valence-corrected chi connectivity index (χ2v) is 7.41. The van der Waals surface area contributed by atoms with Crippen LogP contribution in [0, 0.1) is 0 Å². The lowest BCUT2D eigenvalue weighted by molar-refractivity contribution is -0.137. The molecule has 162 valence electrons. The predicted octanol–water partition coefficient (Wildman–Crippen LogP) is 4.62. The van der Waals surface area contributed by atoms with Gasteiger partial charge in [-0.3, -0.25) is 4.79 Å². The molecule has 0 amide bonds. The summed E-state index contributed by atoms with van der Waals surface area (Å²) < 4.78 is 40.3. The highest BCUT2D eigenvalue weighted by molar-refractivity contribution is 6.12. The molecule has 0 radical (unpaired) electrons. The van der Waals surface area contributed by atoms with Crippen LogP contribution in [0.3, 0.4) is 0 Å². The zero-order chi connectivity index (χ0) is 22.6. The second-order valence-electron chi connectivity index (χ2n) is 7.41. The number of nitrogens with one attached hydrogen (secondary N) is 2. The van der Waals surface area contributed by atoms with Crippen LogP contribution in [0.2, 0.25) is 0 Å². The number of carbonyl (C=O) groups is 1. The van der Waals surface area contributed by atoms with Gasteiger partial charge in [0.05, 0.1) is 39.7 Å². The Morgan fingerprint density at radius 2 is 1.91 bits per heavy atom. The number of nitrogens with zero attached hydrogens (tertiary/aromatic N) is 3. The fourth-order valence-corrected chi connectivity index (χ4v) is 3.66. The van der Waals surface area contributed by atoms with Gasteiger partial charge in [-0.25, -0.2) is 9.67 Å². The van der Waals surface area contributed by atoms with E-state index in [9.17, 15) is 18.0 Å². The molecule has 2 aromatic carbocycles. The van der Waals surface area contributed by atoms with Gasteiger partial charge in [0.1, 0.15) is 11.6 Å². The summed E-state index contributed by atoms with van der Waals surface area (Å²) in [6, 6.07) is 10.1. The number of ketones is 1. The summed E-state index contributed by atoms with van der Waals surface area (Å²) in [6.07, 6.45) is -2.35. The summed E-state index contributed by atoms with van der Waals surface area (Å²) in [5, 5.41) is 4.52. The molecular weight excluding hydrogens is 421 g/mol. The fourth-order valence-electron chi connectivity index (χ4n) is 3.66. The van der Waals surface area contributed by atoms with Crippen LogP contribution in [0.5, 0.6) is 0 Å². The molecule has 0 saturated carbocycles. The highest BCUT2D eigenvalue weighted by atomic mass is 19.4. The van der Waals surface area contributed by atoms with Gasteiger partial charge >= 0.3 is 6.18 Å². The Hall–Kier alpha value is -4.08. The molecule has 0 unspecified atom stereocenters. The number of aryl methyl sites for hydroxylation is 1. The van der Waals surface area contributed by atoms with E-state index in [0.717, 1.165) is 35.4 Å². The monoisotopic (exact) mass is 438 g/mol. The number of aromatic amines is 2. The van der Waals surface area contributed by atoms with Gasteiger partial charge in [-0.05, 0) is 42.5 Å². The van der Waals surface area contributed by atoms with Gasteiger partial charge in [0.25, 0.3) is 0 Å². The number of alkyl halides is 3. The normalized spacial score (nSPS) is 12.1. The summed E-state index contributed by atoms with van der Waals surface area (Å²) in [5.74, 6) is 0.516. The van der Waals surface area contributed by atoms with Gasteiger partial charge in [-0.1, -0.05) is 6.92 Å². The largest absolute Gasteiger partial charge is 0.416 e. The highest BCUT2D eigenvalue weighted by Crippen LogP contribution is 2.32. The van der Waals surface area contributed by atoms with Crippen LogP contribution in [0.4, 0.5) is 19.0 Å². The van der Waals surface area contributed by atoms with Crippen molar-refractivity contribution in [3.63, 3.8) is 0 Å². The topological polar surface area (TPSA) is 105 Å². The summed E-state index contributed by atoms with van der Waals surface area (Å²) in [5.41, 5.74) is 8.40. The van der Waals surface area contributed by atoms with Crippen molar-refractivity contribution in [2.45, 2.75) is 19.5 Å². The van der Waals surface area contributed by atoms with Crippen LogP contribution in [0.25, 0.3) is 27.6 Å². The standard InChI is InChI=1S/C22H17F3N6O/c1-2-19-29-16-6-4-13(9-17(16)30-19)31-21(26)14(10-27-31)20(32)18-8-11-7-12(22(23,24)25)3-5-15(11)28-18/h3-10,28H,2,26H2,1H3,(H,29,30). The molecule has 7 nitrogen and oxygen atoms in total. The third-order valence-corrected chi connectivity index (χ3v) is 5.34. The van der Waals surface area contributed by atoms with Crippen molar-refractivity contribution in [2.24, 2.45) is 0 Å². The number of H-pyrrole nitrogens is 2. The van der Waals surface area contributed by atoms with Crippen molar-refractivity contribution < 1.29 is 18.0 Å². The molecule has 0 atom stereocenters. The molecule has 0 fully saturated rings. The Kier molecular flexibility index (Phi) is 4.33. The summed E-state index contributed by atoms with van der Waals surface area (Å²) in [4.78, 5) is 23.5. The third-order valence-electron chi connectivity index (χ3n) is 5.34. The summed E-state index contributed by atoms with van der Waals surface area (Å²) >= 11 is 0. The maximum absolute atomic E-state index is 13.0. The van der Waals surface area contributed by atoms with Crippen LogP contribution < -0.4 is 5.73 Å². The van der Waals surface area contributed by atoms with E-state index in [2.05, 4.69) is 20.1 Å². The van der Waals surface area contributed by atoms with Crippen molar-refractivity contribution >= 4 is 33.5 Å². The molecule has 0 aliphatic heterocycles. The number of carbonyl (C=O) groups excluding carboxylic acids is 1. The lowest BCUT2D eigenvalue weighted by Crippen LogP contribution is -2.07. The first-order chi connectivity index (χ1) is 15.2. The van der Waals surface area contributed by atoms with Crippen molar-refractivity contribution in [3.05, 3.63) is 71.3 Å². The van der Waals surface area contributed by atoms with Gasteiger partial charge in [0.15, 0.2) is 0 Å². The molecule has 5 aromatic rings. The molecule has 0 saturated heterocycles. The summed E-state index contributed by atoms with van der Waals surface area (Å²) in [7, 11) is 0. The lowest BCUT2D eigenvalue weighted by atomic mass is 10.1. The first-order valence-corrected chi connectivity index (χ1v) is 9.82. The SMILES string of the molecule is CCc1nc2ccc(-n3ncc(C(=O)c4cc5cc(C(F)(F)F)ccc5[nH]4)c3N)cc2[nH]1. The molecule has 3 heterocycles. The van der Waals surface area contributed by atoms with Crippen LogP contribution in [0.1, 0.15) is 34.4 Å². The number of aromatic nitrogens is 5. The van der Waals surface area contributed by atoms with Crippen LogP contribution in [0.15, 0.2) is 48.7 Å². The molecule has 0 aliphatic rings. The Bertz CT molecular complexity index is 1490. The quantitative estimate of drug-likeness (QED) is 0.356. The average Bonchev–Trinajstić information content (AvgIpc) is 3.47. The molecule has 10 heteroatoms. The van der Waals surface area contributed by atoms with Gasteiger partial charge in [-0.2, -0.15) is 18.3 Å². The minimum atomic E-state index is -4.46. The molecule has 5 rings (SSSR count). The van der Waals surface area contributed by atoms with E-state index in [1.807, 2.05) is 19.1 Å². The number of halogens is 3. The maximum Gasteiger partial charge on any atom is 0.416 e. The Balaban J connectivity index is 1.50. The van der Waals surface area contributed by atoms with Crippen molar-refractivity contribution in [2.75, 3.05) is 5.73 Å². The number of anilines is 1. The number of fused-ring (bicyclic) bond motifs is 2. The average molecular weight is 438 g/mol. The molecule has 0 aliphatic carbocycles. The number of hydrogen-bond donors (Lipinski definition) is 3. The number of benzene rings is 2. The smallest absolute Gasteiger partial charge is 0.383 e. The van der Waals surface area contributed by atoms with E-state index >= 15 is 0 Å². The van der Waals surface area contributed by atoms with E-state index in [1.165, 1.54) is 23.0 Å².